The Morgan fingerprint density at radius 2 is 2.16 bits per heavy atom. The van der Waals surface area contributed by atoms with Crippen LogP contribution < -0.4 is 0 Å². The molecular formula is C13H22N4O2. The van der Waals surface area contributed by atoms with Gasteiger partial charge in [0.05, 0.1) is 12.5 Å². The molecule has 1 saturated heterocycles. The van der Waals surface area contributed by atoms with Crippen LogP contribution in [0.2, 0.25) is 0 Å². The van der Waals surface area contributed by atoms with E-state index in [4.69, 9.17) is 4.52 Å². The predicted octanol–water partition coefficient (Wildman–Crippen LogP) is 0.756. The lowest BCUT2D eigenvalue weighted by Crippen LogP contribution is -2.45. The van der Waals surface area contributed by atoms with E-state index in [1.54, 1.807) is 0 Å². The monoisotopic (exact) mass is 266 g/mol. The molecule has 0 saturated carbocycles. The predicted molar refractivity (Wildman–Crippen MR) is 70.7 cm³/mol. The third-order valence-corrected chi connectivity index (χ3v) is 3.60. The molecule has 0 aliphatic carbocycles. The summed E-state index contributed by atoms with van der Waals surface area (Å²) in [5, 5.41) is 4.03. The van der Waals surface area contributed by atoms with E-state index in [1.807, 2.05) is 13.8 Å². The van der Waals surface area contributed by atoms with Crippen molar-refractivity contribution in [2.24, 2.45) is 5.92 Å². The van der Waals surface area contributed by atoms with Crippen LogP contribution in [0.1, 0.15) is 31.6 Å². The van der Waals surface area contributed by atoms with Gasteiger partial charge in [-0.1, -0.05) is 19.0 Å². The van der Waals surface area contributed by atoms with Crippen LogP contribution in [0.5, 0.6) is 0 Å². The zero-order valence-electron chi connectivity index (χ0n) is 12.1. The van der Waals surface area contributed by atoms with Crippen molar-refractivity contribution in [3.63, 3.8) is 0 Å². The molecule has 2 heterocycles. The van der Waals surface area contributed by atoms with Gasteiger partial charge >= 0.3 is 0 Å². The van der Waals surface area contributed by atoms with E-state index in [-0.39, 0.29) is 24.2 Å². The molecule has 1 aromatic heterocycles. The molecule has 1 aliphatic heterocycles. The van der Waals surface area contributed by atoms with Crippen molar-refractivity contribution in [2.45, 2.75) is 26.3 Å². The van der Waals surface area contributed by atoms with Gasteiger partial charge in [0.25, 0.3) is 0 Å². The highest BCUT2D eigenvalue weighted by atomic mass is 16.5. The van der Waals surface area contributed by atoms with Crippen LogP contribution in [-0.4, -0.2) is 59.5 Å². The molecule has 0 N–H and O–H groups in total. The number of nitrogens with zero attached hydrogens (tertiary/aromatic N) is 4. The summed E-state index contributed by atoms with van der Waals surface area (Å²) in [4.78, 5) is 20.5. The van der Waals surface area contributed by atoms with Crippen LogP contribution >= 0.6 is 0 Å². The van der Waals surface area contributed by atoms with Gasteiger partial charge in [-0.3, -0.25) is 9.69 Å². The van der Waals surface area contributed by atoms with Gasteiger partial charge in [-0.05, 0) is 14.1 Å². The fourth-order valence-corrected chi connectivity index (χ4v) is 2.12. The molecule has 19 heavy (non-hydrogen) atoms. The van der Waals surface area contributed by atoms with Crippen molar-refractivity contribution in [3.8, 4) is 0 Å². The van der Waals surface area contributed by atoms with Crippen LogP contribution in [0.4, 0.5) is 0 Å². The summed E-state index contributed by atoms with van der Waals surface area (Å²) in [5.74, 6) is 1.24. The molecule has 1 atom stereocenters. The molecule has 0 radical (unpaired) electrons. The van der Waals surface area contributed by atoms with Crippen molar-refractivity contribution >= 4 is 5.78 Å². The van der Waals surface area contributed by atoms with Crippen molar-refractivity contribution < 1.29 is 9.32 Å². The highest BCUT2D eigenvalue weighted by Crippen LogP contribution is 2.21. The molecule has 1 aliphatic rings. The number of hydrogen-bond donors (Lipinski definition) is 0. The van der Waals surface area contributed by atoms with Crippen LogP contribution in [0.25, 0.3) is 0 Å². The Labute approximate surface area is 113 Å². The van der Waals surface area contributed by atoms with Gasteiger partial charge < -0.3 is 9.42 Å². The highest BCUT2D eigenvalue weighted by Gasteiger charge is 2.28. The SMILES string of the molecule is CC(C)C(=O)Cc1nc(C2CN(C)CCN2C)no1. The smallest absolute Gasteiger partial charge is 0.234 e. The van der Waals surface area contributed by atoms with Gasteiger partial charge in [0, 0.05) is 25.6 Å². The summed E-state index contributed by atoms with van der Waals surface area (Å²) in [7, 11) is 4.15. The fourth-order valence-electron chi connectivity index (χ4n) is 2.12. The summed E-state index contributed by atoms with van der Waals surface area (Å²) < 4.78 is 5.20. The minimum Gasteiger partial charge on any atom is -0.339 e. The Morgan fingerprint density at radius 1 is 1.42 bits per heavy atom. The maximum atomic E-state index is 11.7. The maximum absolute atomic E-state index is 11.7. The van der Waals surface area contributed by atoms with E-state index < -0.39 is 0 Å². The number of ketones is 1. The molecule has 0 spiro atoms. The highest BCUT2D eigenvalue weighted by molar-refractivity contribution is 5.81. The lowest BCUT2D eigenvalue weighted by Gasteiger charge is -2.35. The Bertz CT molecular complexity index is 444. The summed E-state index contributed by atoms with van der Waals surface area (Å²) in [6.45, 7) is 6.67. The third-order valence-electron chi connectivity index (χ3n) is 3.60. The quantitative estimate of drug-likeness (QED) is 0.801. The van der Waals surface area contributed by atoms with E-state index in [1.165, 1.54) is 0 Å². The molecule has 106 valence electrons. The van der Waals surface area contributed by atoms with Gasteiger partial charge in [-0.25, -0.2) is 0 Å². The Balaban J connectivity index is 2.05. The number of hydrogen-bond acceptors (Lipinski definition) is 6. The number of likely N-dealkylation sites (N-methyl/N-ethyl adjacent to an activating group) is 2. The van der Waals surface area contributed by atoms with E-state index >= 15 is 0 Å². The first kappa shape index (κ1) is 14.1. The summed E-state index contributed by atoms with van der Waals surface area (Å²) in [6, 6.07) is 0.144. The summed E-state index contributed by atoms with van der Waals surface area (Å²) in [5.41, 5.74) is 0. The van der Waals surface area contributed by atoms with Crippen LogP contribution in [-0.2, 0) is 11.2 Å². The molecule has 6 nitrogen and oxygen atoms in total. The normalized spacial score (nSPS) is 22.1. The van der Waals surface area contributed by atoms with E-state index in [9.17, 15) is 4.79 Å². The van der Waals surface area contributed by atoms with Gasteiger partial charge in [-0.15, -0.1) is 0 Å². The van der Waals surface area contributed by atoms with E-state index in [0.29, 0.717) is 11.7 Å². The molecule has 0 amide bonds. The molecular weight excluding hydrogens is 244 g/mol. The first-order valence-corrected chi connectivity index (χ1v) is 6.71. The number of carbonyl (C=O) groups is 1. The second-order valence-electron chi connectivity index (χ2n) is 5.60. The molecule has 6 heteroatoms. The number of aromatic nitrogens is 2. The lowest BCUT2D eigenvalue weighted by atomic mass is 10.1. The minimum atomic E-state index is -0.00108. The molecule has 1 unspecified atom stereocenters. The number of piperazine rings is 1. The second kappa shape index (κ2) is 5.79. The summed E-state index contributed by atoms with van der Waals surface area (Å²) in [6.07, 6.45) is 0.233. The molecule has 1 aromatic rings. The maximum Gasteiger partial charge on any atom is 0.234 e. The largest absolute Gasteiger partial charge is 0.339 e. The van der Waals surface area contributed by atoms with Crippen molar-refractivity contribution in [3.05, 3.63) is 11.7 Å². The standard InChI is InChI=1S/C13H22N4O2/c1-9(2)11(18)7-12-14-13(15-19-12)10-8-16(3)5-6-17(10)4/h9-10H,5-8H2,1-4H3. The van der Waals surface area contributed by atoms with E-state index in [2.05, 4.69) is 34.0 Å². The molecule has 0 aromatic carbocycles. The Kier molecular flexibility index (Phi) is 4.31. The molecule has 2 rings (SSSR count). The van der Waals surface area contributed by atoms with Gasteiger partial charge in [0.2, 0.25) is 5.89 Å². The van der Waals surface area contributed by atoms with Crippen LogP contribution in [0, 0.1) is 5.92 Å². The average Bonchev–Trinajstić information content (AvgIpc) is 2.80. The lowest BCUT2D eigenvalue weighted by molar-refractivity contribution is -0.121. The van der Waals surface area contributed by atoms with Gasteiger partial charge in [0.1, 0.15) is 5.78 Å². The number of rotatable bonds is 4. The van der Waals surface area contributed by atoms with Crippen molar-refractivity contribution in [2.75, 3.05) is 33.7 Å². The Morgan fingerprint density at radius 3 is 2.84 bits per heavy atom. The third kappa shape index (κ3) is 3.39. The van der Waals surface area contributed by atoms with Gasteiger partial charge in [-0.2, -0.15) is 4.98 Å². The first-order valence-electron chi connectivity index (χ1n) is 6.71. The van der Waals surface area contributed by atoms with E-state index in [0.717, 1.165) is 19.6 Å². The number of Topliss-reactive ketones (excluding diaryl/α,β-unsaturated/α-hetero) is 1. The van der Waals surface area contributed by atoms with Gasteiger partial charge in [0.15, 0.2) is 5.82 Å². The van der Waals surface area contributed by atoms with Crippen molar-refractivity contribution in [1.82, 2.24) is 19.9 Å². The van der Waals surface area contributed by atoms with Crippen LogP contribution in [0.15, 0.2) is 4.52 Å². The molecule has 1 fully saturated rings. The van der Waals surface area contributed by atoms with Crippen molar-refractivity contribution in [1.29, 1.82) is 0 Å². The number of carbonyl (C=O) groups excluding carboxylic acids is 1. The Hall–Kier alpha value is -1.27. The summed E-state index contributed by atoms with van der Waals surface area (Å²) >= 11 is 0. The first-order chi connectivity index (χ1) is 8.97. The van der Waals surface area contributed by atoms with Crippen LogP contribution in [0.3, 0.4) is 0 Å². The minimum absolute atomic E-state index is 0.00108. The average molecular weight is 266 g/mol. The zero-order valence-corrected chi connectivity index (χ0v) is 12.1. The fraction of sp³-hybridized carbons (Fsp3) is 0.769. The zero-order chi connectivity index (χ0) is 14.0. The second-order valence-corrected chi connectivity index (χ2v) is 5.60. The molecule has 0 bridgehead atoms. The topological polar surface area (TPSA) is 62.5 Å².